The Labute approximate surface area is 218 Å². The van der Waals surface area contributed by atoms with Gasteiger partial charge in [0.2, 0.25) is 5.91 Å². The third kappa shape index (κ3) is 4.99. The number of hydrogen-bond acceptors (Lipinski definition) is 4. The zero-order valence-electron chi connectivity index (χ0n) is 19.3. The summed E-state index contributed by atoms with van der Waals surface area (Å²) in [7, 11) is 0. The van der Waals surface area contributed by atoms with Gasteiger partial charge < -0.3 is 4.74 Å². The van der Waals surface area contributed by atoms with Gasteiger partial charge in [0.1, 0.15) is 5.75 Å². The predicted octanol–water partition coefficient (Wildman–Crippen LogP) is 6.12. The number of carbonyl (C=O) groups is 2. The van der Waals surface area contributed by atoms with Crippen molar-refractivity contribution >= 4 is 34.0 Å². The van der Waals surface area contributed by atoms with Crippen LogP contribution in [0.5, 0.6) is 5.75 Å². The standard InChI is InChI=1S/C30H23BrN2O3/c31-25-15-8-10-22(18-25)29(35)36-26-16-7-9-21(17-26)20-32-33-28(34)27-19-30(27,23-11-3-1-4-12-23)24-13-5-2-6-14-24/h1-18,20,27H,19H2,(H,33,34). The molecule has 1 saturated carbocycles. The number of nitrogens with zero attached hydrogens (tertiary/aromatic N) is 1. The van der Waals surface area contributed by atoms with Crippen LogP contribution in [0.4, 0.5) is 0 Å². The van der Waals surface area contributed by atoms with Crippen molar-refractivity contribution in [1.29, 1.82) is 0 Å². The minimum atomic E-state index is -0.453. The number of carbonyl (C=O) groups excluding carboxylic acids is 2. The number of amides is 1. The number of halogens is 1. The highest BCUT2D eigenvalue weighted by molar-refractivity contribution is 9.10. The molecule has 5 rings (SSSR count). The maximum Gasteiger partial charge on any atom is 0.343 e. The van der Waals surface area contributed by atoms with E-state index in [0.717, 1.165) is 22.0 Å². The quantitative estimate of drug-likeness (QED) is 0.133. The Kier molecular flexibility index (Phi) is 6.78. The molecule has 4 aromatic rings. The van der Waals surface area contributed by atoms with Gasteiger partial charge >= 0.3 is 5.97 Å². The molecule has 1 fully saturated rings. The highest BCUT2D eigenvalue weighted by Crippen LogP contribution is 2.58. The lowest BCUT2D eigenvalue weighted by Gasteiger charge is -2.18. The number of rotatable bonds is 7. The van der Waals surface area contributed by atoms with E-state index in [2.05, 4.69) is 50.7 Å². The fraction of sp³-hybridized carbons (Fsp3) is 0.100. The van der Waals surface area contributed by atoms with Gasteiger partial charge in [-0.1, -0.05) is 94.8 Å². The molecule has 4 aromatic carbocycles. The Balaban J connectivity index is 1.26. The number of nitrogens with one attached hydrogen (secondary N) is 1. The maximum atomic E-state index is 13.1. The summed E-state index contributed by atoms with van der Waals surface area (Å²) in [4.78, 5) is 25.5. The molecule has 1 unspecified atom stereocenters. The second-order valence-electron chi connectivity index (χ2n) is 8.67. The monoisotopic (exact) mass is 538 g/mol. The van der Waals surface area contributed by atoms with E-state index < -0.39 is 5.97 Å². The molecule has 5 nitrogen and oxygen atoms in total. The molecule has 6 heteroatoms. The molecule has 1 atom stereocenters. The number of ether oxygens (including phenoxy) is 1. The van der Waals surface area contributed by atoms with Gasteiger partial charge in [-0.15, -0.1) is 0 Å². The van der Waals surface area contributed by atoms with Crippen molar-refractivity contribution in [2.75, 3.05) is 0 Å². The Morgan fingerprint density at radius 3 is 2.19 bits per heavy atom. The SMILES string of the molecule is O=C(Oc1cccc(C=NNC(=O)C2CC2(c2ccccc2)c2ccccc2)c1)c1cccc(Br)c1. The zero-order chi connectivity index (χ0) is 25.0. The topological polar surface area (TPSA) is 67.8 Å². The van der Waals surface area contributed by atoms with Gasteiger partial charge in [0.15, 0.2) is 0 Å². The van der Waals surface area contributed by atoms with Crippen molar-refractivity contribution in [2.45, 2.75) is 11.8 Å². The molecule has 0 aliphatic heterocycles. The van der Waals surface area contributed by atoms with Crippen LogP contribution in [0.2, 0.25) is 0 Å². The lowest BCUT2D eigenvalue weighted by molar-refractivity contribution is -0.122. The first kappa shape index (κ1) is 23.7. The van der Waals surface area contributed by atoms with E-state index in [9.17, 15) is 9.59 Å². The van der Waals surface area contributed by atoms with Gasteiger partial charge in [0.05, 0.1) is 17.7 Å². The van der Waals surface area contributed by atoms with E-state index in [1.54, 1.807) is 42.6 Å². The van der Waals surface area contributed by atoms with E-state index in [1.807, 2.05) is 48.5 Å². The highest BCUT2D eigenvalue weighted by Gasteiger charge is 2.60. The van der Waals surface area contributed by atoms with Crippen LogP contribution in [0, 0.1) is 5.92 Å². The second kappa shape index (κ2) is 10.3. The molecule has 36 heavy (non-hydrogen) atoms. The van der Waals surface area contributed by atoms with E-state index in [0.29, 0.717) is 16.9 Å². The third-order valence-corrected chi connectivity index (χ3v) is 6.87. The summed E-state index contributed by atoms with van der Waals surface area (Å²) in [6.07, 6.45) is 2.27. The number of hydrazone groups is 1. The largest absolute Gasteiger partial charge is 0.423 e. The van der Waals surface area contributed by atoms with Crippen molar-refractivity contribution in [3.63, 3.8) is 0 Å². The zero-order valence-corrected chi connectivity index (χ0v) is 20.9. The van der Waals surface area contributed by atoms with Crippen LogP contribution in [0.15, 0.2) is 119 Å². The normalized spacial score (nSPS) is 15.9. The van der Waals surface area contributed by atoms with Crippen molar-refractivity contribution in [2.24, 2.45) is 11.0 Å². The van der Waals surface area contributed by atoms with Gasteiger partial charge in [0, 0.05) is 9.89 Å². The Morgan fingerprint density at radius 1 is 0.861 bits per heavy atom. The van der Waals surface area contributed by atoms with Crippen molar-refractivity contribution < 1.29 is 14.3 Å². The van der Waals surface area contributed by atoms with E-state index >= 15 is 0 Å². The summed E-state index contributed by atoms with van der Waals surface area (Å²) < 4.78 is 6.29. The molecule has 0 bridgehead atoms. The van der Waals surface area contributed by atoms with Gasteiger partial charge in [0.25, 0.3) is 0 Å². The lowest BCUT2D eigenvalue weighted by Crippen LogP contribution is -2.25. The summed E-state index contributed by atoms with van der Waals surface area (Å²) in [5.74, 6) is -0.400. The Morgan fingerprint density at radius 2 is 1.53 bits per heavy atom. The van der Waals surface area contributed by atoms with Crippen LogP contribution in [-0.2, 0) is 10.2 Å². The van der Waals surface area contributed by atoms with Crippen LogP contribution in [0.25, 0.3) is 0 Å². The van der Waals surface area contributed by atoms with Gasteiger partial charge in [-0.2, -0.15) is 5.10 Å². The van der Waals surface area contributed by atoms with Crippen molar-refractivity contribution in [3.05, 3.63) is 136 Å². The van der Waals surface area contributed by atoms with Crippen LogP contribution in [0.3, 0.4) is 0 Å². The smallest absolute Gasteiger partial charge is 0.343 e. The van der Waals surface area contributed by atoms with E-state index in [4.69, 9.17) is 4.74 Å². The fourth-order valence-electron chi connectivity index (χ4n) is 4.54. The van der Waals surface area contributed by atoms with Gasteiger partial charge in [-0.05, 0) is 53.4 Å². The molecule has 0 aromatic heterocycles. The number of esters is 1. The van der Waals surface area contributed by atoms with E-state index in [1.165, 1.54) is 0 Å². The first-order valence-electron chi connectivity index (χ1n) is 11.6. The Hall–Kier alpha value is -4.03. The second-order valence-corrected chi connectivity index (χ2v) is 9.58. The minimum absolute atomic E-state index is 0.129. The minimum Gasteiger partial charge on any atom is -0.423 e. The van der Waals surface area contributed by atoms with Gasteiger partial charge in [-0.25, -0.2) is 10.2 Å². The molecule has 1 N–H and O–H groups in total. The fourth-order valence-corrected chi connectivity index (χ4v) is 4.94. The Bertz CT molecular complexity index is 1380. The molecule has 0 radical (unpaired) electrons. The van der Waals surface area contributed by atoms with Crippen LogP contribution >= 0.6 is 15.9 Å². The molecular weight excluding hydrogens is 516 g/mol. The molecule has 1 aliphatic carbocycles. The first-order valence-corrected chi connectivity index (χ1v) is 12.4. The predicted molar refractivity (Wildman–Crippen MR) is 143 cm³/mol. The molecule has 0 spiro atoms. The maximum absolute atomic E-state index is 13.1. The summed E-state index contributed by atoms with van der Waals surface area (Å²) >= 11 is 3.36. The third-order valence-electron chi connectivity index (χ3n) is 6.37. The summed E-state index contributed by atoms with van der Waals surface area (Å²) in [6, 6.07) is 34.3. The number of benzene rings is 4. The molecule has 1 aliphatic rings. The average Bonchev–Trinajstić information content (AvgIpc) is 3.67. The molecule has 178 valence electrons. The molecule has 0 saturated heterocycles. The molecule has 0 heterocycles. The molecule has 1 amide bonds. The van der Waals surface area contributed by atoms with Crippen LogP contribution < -0.4 is 10.2 Å². The molecular formula is C30H23BrN2O3. The first-order chi connectivity index (χ1) is 17.6. The van der Waals surface area contributed by atoms with Crippen molar-refractivity contribution in [3.8, 4) is 5.75 Å². The van der Waals surface area contributed by atoms with Crippen LogP contribution in [-0.4, -0.2) is 18.1 Å². The van der Waals surface area contributed by atoms with Crippen LogP contribution in [0.1, 0.15) is 33.5 Å². The summed E-state index contributed by atoms with van der Waals surface area (Å²) in [5.41, 5.74) is 5.75. The lowest BCUT2D eigenvalue weighted by atomic mass is 9.85. The summed E-state index contributed by atoms with van der Waals surface area (Å²) in [5, 5.41) is 4.17. The van der Waals surface area contributed by atoms with E-state index in [-0.39, 0.29) is 17.2 Å². The average molecular weight is 539 g/mol. The number of hydrogen-bond donors (Lipinski definition) is 1. The summed E-state index contributed by atoms with van der Waals surface area (Å²) in [6.45, 7) is 0. The highest BCUT2D eigenvalue weighted by atomic mass is 79.9. The van der Waals surface area contributed by atoms with Crippen molar-refractivity contribution in [1.82, 2.24) is 5.43 Å². The van der Waals surface area contributed by atoms with Gasteiger partial charge in [-0.3, -0.25) is 4.79 Å².